The molecule has 0 fully saturated rings. The van der Waals surface area contributed by atoms with Gasteiger partial charge in [-0.1, -0.05) is 41.4 Å². The van der Waals surface area contributed by atoms with Gasteiger partial charge >= 0.3 is 0 Å². The number of rotatable bonds is 5. The van der Waals surface area contributed by atoms with Gasteiger partial charge in [-0.05, 0) is 43.7 Å². The summed E-state index contributed by atoms with van der Waals surface area (Å²) in [5.74, 6) is 0.334. The van der Waals surface area contributed by atoms with E-state index in [-0.39, 0.29) is 5.91 Å². The first-order valence-electron chi connectivity index (χ1n) is 6.86. The molecule has 0 aromatic heterocycles. The maximum atomic E-state index is 11.9. The molecule has 0 radical (unpaired) electrons. The second-order valence-corrected chi connectivity index (χ2v) is 5.30. The zero-order valence-corrected chi connectivity index (χ0v) is 13.2. The van der Waals surface area contributed by atoms with Crippen LogP contribution in [-0.4, -0.2) is 18.2 Å². The van der Waals surface area contributed by atoms with Gasteiger partial charge in [0, 0.05) is 5.02 Å². The number of nitrogens with zero attached hydrogens (tertiary/aromatic N) is 1. The van der Waals surface area contributed by atoms with E-state index in [0.29, 0.717) is 10.8 Å². The number of benzene rings is 2. The lowest BCUT2D eigenvalue weighted by atomic mass is 10.2. The van der Waals surface area contributed by atoms with Crippen LogP contribution in [-0.2, 0) is 4.79 Å². The Morgan fingerprint density at radius 2 is 1.82 bits per heavy atom. The van der Waals surface area contributed by atoms with Crippen LogP contribution in [0.4, 0.5) is 0 Å². The van der Waals surface area contributed by atoms with Gasteiger partial charge in [-0.25, -0.2) is 5.43 Å². The molecule has 0 spiro atoms. The highest BCUT2D eigenvalue weighted by Crippen LogP contribution is 2.13. The third kappa shape index (κ3) is 4.90. The summed E-state index contributed by atoms with van der Waals surface area (Å²) in [6, 6.07) is 14.7. The zero-order chi connectivity index (χ0) is 15.9. The molecule has 0 bridgehead atoms. The number of carbonyl (C=O) groups excluding carboxylic acids is 1. The fraction of sp³-hybridized carbons (Fsp3) is 0.176. The van der Waals surface area contributed by atoms with Crippen LogP contribution < -0.4 is 10.2 Å². The van der Waals surface area contributed by atoms with Gasteiger partial charge in [0.1, 0.15) is 5.75 Å². The molecule has 114 valence electrons. The Morgan fingerprint density at radius 1 is 1.18 bits per heavy atom. The van der Waals surface area contributed by atoms with Gasteiger partial charge in [0.05, 0.1) is 6.21 Å². The highest BCUT2D eigenvalue weighted by atomic mass is 35.5. The number of ether oxygens (including phenoxy) is 1. The van der Waals surface area contributed by atoms with Gasteiger partial charge in [-0.15, -0.1) is 0 Å². The predicted octanol–water partition coefficient (Wildman–Crippen LogP) is 3.57. The Balaban J connectivity index is 1.85. The Labute approximate surface area is 134 Å². The van der Waals surface area contributed by atoms with Crippen LogP contribution in [0.2, 0.25) is 5.02 Å². The maximum absolute atomic E-state index is 11.9. The Bertz CT molecular complexity index is 651. The normalized spacial score (nSPS) is 12.1. The average molecular weight is 317 g/mol. The number of carbonyl (C=O) groups is 1. The highest BCUT2D eigenvalue weighted by Gasteiger charge is 2.13. The quantitative estimate of drug-likeness (QED) is 0.677. The summed E-state index contributed by atoms with van der Waals surface area (Å²) in [6.45, 7) is 3.67. The molecule has 0 saturated carbocycles. The largest absolute Gasteiger partial charge is 0.481 e. The molecule has 2 aromatic carbocycles. The third-order valence-corrected chi connectivity index (χ3v) is 3.21. The first-order valence-corrected chi connectivity index (χ1v) is 7.24. The van der Waals surface area contributed by atoms with E-state index >= 15 is 0 Å². The van der Waals surface area contributed by atoms with Crippen molar-refractivity contribution in [1.29, 1.82) is 0 Å². The maximum Gasteiger partial charge on any atom is 0.280 e. The van der Waals surface area contributed by atoms with E-state index in [9.17, 15) is 4.79 Å². The van der Waals surface area contributed by atoms with E-state index in [2.05, 4.69) is 10.5 Å². The number of hydrogen-bond donors (Lipinski definition) is 1. The number of nitrogens with one attached hydrogen (secondary N) is 1. The Morgan fingerprint density at radius 3 is 2.45 bits per heavy atom. The van der Waals surface area contributed by atoms with Crippen LogP contribution in [0.15, 0.2) is 53.6 Å². The van der Waals surface area contributed by atoms with E-state index in [1.807, 2.05) is 43.3 Å². The van der Waals surface area contributed by atoms with E-state index in [1.165, 1.54) is 0 Å². The van der Waals surface area contributed by atoms with Gasteiger partial charge in [0.15, 0.2) is 6.10 Å². The summed E-state index contributed by atoms with van der Waals surface area (Å²) in [6.07, 6.45) is 0.914. The summed E-state index contributed by atoms with van der Waals surface area (Å²) in [4.78, 5) is 11.9. The number of halogens is 1. The van der Waals surface area contributed by atoms with Crippen molar-refractivity contribution in [1.82, 2.24) is 5.43 Å². The molecule has 1 N–H and O–H groups in total. The molecule has 0 heterocycles. The van der Waals surface area contributed by atoms with Crippen molar-refractivity contribution in [2.45, 2.75) is 20.0 Å². The van der Waals surface area contributed by atoms with Gasteiger partial charge in [0.25, 0.3) is 5.91 Å². The molecule has 0 aliphatic heterocycles. The van der Waals surface area contributed by atoms with Crippen molar-refractivity contribution in [3.05, 3.63) is 64.7 Å². The lowest BCUT2D eigenvalue weighted by Gasteiger charge is -2.12. The lowest BCUT2D eigenvalue weighted by molar-refractivity contribution is -0.127. The smallest absolute Gasteiger partial charge is 0.280 e. The number of hydrazone groups is 1. The predicted molar refractivity (Wildman–Crippen MR) is 88.5 cm³/mol. The SMILES string of the molecule is Cc1ccc(OC(C)C(=O)N/N=C/c2ccc(Cl)cc2)cc1. The summed E-state index contributed by atoms with van der Waals surface area (Å²) < 4.78 is 5.55. The Hall–Kier alpha value is -2.33. The minimum absolute atomic E-state index is 0.314. The molecule has 0 saturated heterocycles. The van der Waals surface area contributed by atoms with Crippen LogP contribution in [0.1, 0.15) is 18.1 Å². The van der Waals surface area contributed by atoms with Crippen LogP contribution >= 0.6 is 11.6 Å². The first kappa shape index (κ1) is 16.0. The van der Waals surface area contributed by atoms with E-state index < -0.39 is 6.10 Å². The molecule has 22 heavy (non-hydrogen) atoms. The van der Waals surface area contributed by atoms with Crippen molar-refractivity contribution < 1.29 is 9.53 Å². The van der Waals surface area contributed by atoms with E-state index in [1.54, 1.807) is 25.3 Å². The molecule has 5 heteroatoms. The molecule has 2 rings (SSSR count). The van der Waals surface area contributed by atoms with E-state index in [0.717, 1.165) is 11.1 Å². The molecule has 4 nitrogen and oxygen atoms in total. The zero-order valence-electron chi connectivity index (χ0n) is 12.4. The number of amides is 1. The monoisotopic (exact) mass is 316 g/mol. The van der Waals surface area contributed by atoms with Gasteiger partial charge in [-0.2, -0.15) is 5.10 Å². The summed E-state index contributed by atoms with van der Waals surface area (Å²) in [5.41, 5.74) is 4.43. The standard InChI is InChI=1S/C17H17ClN2O2/c1-12-3-9-16(10-4-12)22-13(2)17(21)20-19-11-14-5-7-15(18)8-6-14/h3-11,13H,1-2H3,(H,20,21)/b19-11+. The van der Waals surface area contributed by atoms with Crippen LogP contribution in [0.3, 0.4) is 0 Å². The summed E-state index contributed by atoms with van der Waals surface area (Å²) in [7, 11) is 0. The molecular formula is C17H17ClN2O2. The van der Waals surface area contributed by atoms with Crippen molar-refractivity contribution in [2.75, 3.05) is 0 Å². The third-order valence-electron chi connectivity index (χ3n) is 2.96. The lowest BCUT2D eigenvalue weighted by Crippen LogP contribution is -2.33. The second-order valence-electron chi connectivity index (χ2n) is 4.86. The first-order chi connectivity index (χ1) is 10.5. The average Bonchev–Trinajstić information content (AvgIpc) is 2.51. The van der Waals surface area contributed by atoms with Gasteiger partial charge in [0.2, 0.25) is 0 Å². The molecular weight excluding hydrogens is 300 g/mol. The minimum atomic E-state index is -0.634. The van der Waals surface area contributed by atoms with Gasteiger partial charge in [-0.3, -0.25) is 4.79 Å². The van der Waals surface area contributed by atoms with Crippen LogP contribution in [0.5, 0.6) is 5.75 Å². The van der Waals surface area contributed by atoms with E-state index in [4.69, 9.17) is 16.3 Å². The molecule has 2 aromatic rings. The molecule has 0 aliphatic carbocycles. The molecule has 1 unspecified atom stereocenters. The van der Waals surface area contributed by atoms with Crippen LogP contribution in [0.25, 0.3) is 0 Å². The topological polar surface area (TPSA) is 50.7 Å². The molecule has 1 atom stereocenters. The van der Waals surface area contributed by atoms with Crippen molar-refractivity contribution in [3.63, 3.8) is 0 Å². The highest BCUT2D eigenvalue weighted by molar-refractivity contribution is 6.30. The van der Waals surface area contributed by atoms with Crippen LogP contribution in [0, 0.1) is 6.92 Å². The Kier molecular flexibility index (Phi) is 5.55. The van der Waals surface area contributed by atoms with Crippen molar-refractivity contribution in [2.24, 2.45) is 5.10 Å². The number of hydrogen-bond acceptors (Lipinski definition) is 3. The van der Waals surface area contributed by atoms with Crippen molar-refractivity contribution >= 4 is 23.7 Å². The molecule has 0 aliphatic rings. The van der Waals surface area contributed by atoms with Crippen molar-refractivity contribution in [3.8, 4) is 5.75 Å². The minimum Gasteiger partial charge on any atom is -0.481 e. The fourth-order valence-corrected chi connectivity index (χ4v) is 1.81. The number of aryl methyl sites for hydroxylation is 1. The molecule has 1 amide bonds. The fourth-order valence-electron chi connectivity index (χ4n) is 1.68. The summed E-state index contributed by atoms with van der Waals surface area (Å²) >= 11 is 5.79. The second kappa shape index (κ2) is 7.61. The summed E-state index contributed by atoms with van der Waals surface area (Å²) in [5, 5.41) is 4.55. The van der Waals surface area contributed by atoms with Gasteiger partial charge < -0.3 is 4.74 Å².